The molecule has 1 aromatic carbocycles. The first-order valence-electron chi connectivity index (χ1n) is 10.7. The Labute approximate surface area is 184 Å². The lowest BCUT2D eigenvalue weighted by molar-refractivity contribution is -0.151. The van der Waals surface area contributed by atoms with Gasteiger partial charge >= 0.3 is 5.97 Å². The zero-order chi connectivity index (χ0) is 21.5. The summed E-state index contributed by atoms with van der Waals surface area (Å²) in [7, 11) is 0. The number of aliphatic carboxylic acids is 1. The molecule has 3 N–H and O–H groups in total. The summed E-state index contributed by atoms with van der Waals surface area (Å²) in [6.45, 7) is 0. The third kappa shape index (κ3) is 3.78. The highest BCUT2D eigenvalue weighted by Gasteiger charge is 2.48. The summed E-state index contributed by atoms with van der Waals surface area (Å²) in [5.74, 6) is -2.97. The number of carbonyl (C=O) groups excluding carboxylic acids is 2. The number of rotatable bonds is 6. The second kappa shape index (κ2) is 7.96. The van der Waals surface area contributed by atoms with Crippen molar-refractivity contribution in [2.24, 2.45) is 23.7 Å². The number of fused-ring (bicyclic) bond motifs is 2. The number of hydrogen-bond donors (Lipinski definition) is 3. The van der Waals surface area contributed by atoms with Crippen molar-refractivity contribution in [3.05, 3.63) is 53.4 Å². The molecule has 2 aromatic rings. The summed E-state index contributed by atoms with van der Waals surface area (Å²) in [5.41, 5.74) is 2.14. The molecule has 0 spiro atoms. The van der Waals surface area contributed by atoms with Gasteiger partial charge in [-0.3, -0.25) is 14.4 Å². The second-order valence-electron chi connectivity index (χ2n) is 8.64. The Morgan fingerprint density at radius 2 is 1.61 bits per heavy atom. The molecule has 31 heavy (non-hydrogen) atoms. The van der Waals surface area contributed by atoms with Crippen LogP contribution in [0.25, 0.3) is 11.1 Å². The van der Waals surface area contributed by atoms with Crippen LogP contribution in [0.5, 0.6) is 0 Å². The maximum atomic E-state index is 13.3. The lowest BCUT2D eigenvalue weighted by Gasteiger charge is -2.41. The molecule has 0 unspecified atom stereocenters. The molecule has 2 saturated carbocycles. The van der Waals surface area contributed by atoms with Crippen molar-refractivity contribution in [3.8, 4) is 11.1 Å². The number of amides is 2. The minimum Gasteiger partial charge on any atom is -0.481 e. The first-order chi connectivity index (χ1) is 15.0. The van der Waals surface area contributed by atoms with Gasteiger partial charge in [-0.1, -0.05) is 42.5 Å². The molecular weight excluding hydrogens is 412 g/mol. The number of benzene rings is 1. The van der Waals surface area contributed by atoms with E-state index in [4.69, 9.17) is 0 Å². The molecule has 6 rings (SSSR count). The van der Waals surface area contributed by atoms with Crippen molar-refractivity contribution >= 4 is 34.1 Å². The van der Waals surface area contributed by atoms with Gasteiger partial charge in [0.1, 0.15) is 5.00 Å². The summed E-state index contributed by atoms with van der Waals surface area (Å²) >= 11 is 1.31. The van der Waals surface area contributed by atoms with Crippen LogP contribution in [-0.2, 0) is 9.59 Å². The van der Waals surface area contributed by atoms with Crippen LogP contribution in [0.4, 0.5) is 5.00 Å². The van der Waals surface area contributed by atoms with Crippen LogP contribution in [0, 0.1) is 23.7 Å². The molecule has 6 nitrogen and oxygen atoms in total. The number of carboxylic acids is 1. The Balaban J connectivity index is 1.46. The Morgan fingerprint density at radius 3 is 2.23 bits per heavy atom. The normalized spacial score (nSPS) is 26.5. The Morgan fingerprint density at radius 1 is 0.935 bits per heavy atom. The van der Waals surface area contributed by atoms with Gasteiger partial charge in [-0.15, -0.1) is 11.3 Å². The van der Waals surface area contributed by atoms with Crippen LogP contribution in [0.1, 0.15) is 36.0 Å². The van der Waals surface area contributed by atoms with E-state index in [2.05, 4.69) is 10.6 Å². The van der Waals surface area contributed by atoms with Crippen LogP contribution in [0.2, 0.25) is 0 Å². The number of carboxylic acid groups (broad SMARTS) is 1. The van der Waals surface area contributed by atoms with E-state index in [1.165, 1.54) is 11.3 Å². The number of thiophene rings is 1. The molecule has 4 atom stereocenters. The topological polar surface area (TPSA) is 95.5 Å². The molecule has 2 bridgehead atoms. The SMILES string of the molecule is O=C(NC1CC1)c1c(-c2ccccc2)csc1NC(=O)[C@@H]1[C@@H](C(=O)O)[C@H]2C=C[C@H]1CC2. The third-order valence-corrected chi connectivity index (χ3v) is 7.48. The fraction of sp³-hybridized carbons (Fsp3) is 0.375. The van der Waals surface area contributed by atoms with Crippen molar-refractivity contribution in [2.45, 2.75) is 31.7 Å². The van der Waals surface area contributed by atoms with Gasteiger partial charge in [-0.25, -0.2) is 0 Å². The number of hydrogen-bond acceptors (Lipinski definition) is 4. The van der Waals surface area contributed by atoms with E-state index in [-0.39, 0.29) is 29.7 Å². The van der Waals surface area contributed by atoms with Crippen molar-refractivity contribution in [3.63, 3.8) is 0 Å². The van der Waals surface area contributed by atoms with E-state index < -0.39 is 17.8 Å². The fourth-order valence-corrected chi connectivity index (χ4v) is 5.84. The van der Waals surface area contributed by atoms with Crippen molar-refractivity contribution in [2.75, 3.05) is 5.32 Å². The second-order valence-corrected chi connectivity index (χ2v) is 9.52. The van der Waals surface area contributed by atoms with E-state index in [0.29, 0.717) is 10.6 Å². The Hall–Kier alpha value is -2.93. The molecule has 0 aliphatic heterocycles. The van der Waals surface area contributed by atoms with E-state index in [1.807, 2.05) is 47.9 Å². The van der Waals surface area contributed by atoms with Gasteiger partial charge in [-0.05, 0) is 43.1 Å². The fourth-order valence-electron chi connectivity index (χ4n) is 4.87. The highest BCUT2D eigenvalue weighted by molar-refractivity contribution is 7.15. The molecule has 4 aliphatic carbocycles. The quantitative estimate of drug-likeness (QED) is 0.593. The number of nitrogens with one attached hydrogen (secondary N) is 2. The molecule has 2 amide bonds. The first-order valence-corrected chi connectivity index (χ1v) is 11.6. The van der Waals surface area contributed by atoms with Crippen LogP contribution in [0.15, 0.2) is 47.9 Å². The van der Waals surface area contributed by atoms with Gasteiger partial charge in [0.05, 0.1) is 17.4 Å². The van der Waals surface area contributed by atoms with Crippen molar-refractivity contribution in [1.82, 2.24) is 5.32 Å². The molecule has 160 valence electrons. The molecule has 1 aromatic heterocycles. The third-order valence-electron chi connectivity index (χ3n) is 6.59. The highest BCUT2D eigenvalue weighted by Crippen LogP contribution is 2.46. The Kier molecular flexibility index (Phi) is 5.14. The average molecular weight is 437 g/mol. The number of allylic oxidation sites excluding steroid dienone is 2. The number of carbonyl (C=O) groups is 3. The van der Waals surface area contributed by atoms with E-state index in [9.17, 15) is 19.5 Å². The minimum absolute atomic E-state index is 0.0802. The molecule has 0 radical (unpaired) electrons. The summed E-state index contributed by atoms with van der Waals surface area (Å²) in [6, 6.07) is 9.81. The van der Waals surface area contributed by atoms with Gasteiger partial charge in [0, 0.05) is 17.0 Å². The average Bonchev–Trinajstić information content (AvgIpc) is 3.50. The van der Waals surface area contributed by atoms with E-state index >= 15 is 0 Å². The monoisotopic (exact) mass is 436 g/mol. The lowest BCUT2D eigenvalue weighted by Crippen LogP contribution is -2.47. The van der Waals surface area contributed by atoms with Gasteiger partial charge in [0.2, 0.25) is 5.91 Å². The van der Waals surface area contributed by atoms with Crippen LogP contribution >= 0.6 is 11.3 Å². The van der Waals surface area contributed by atoms with E-state index in [1.54, 1.807) is 0 Å². The largest absolute Gasteiger partial charge is 0.481 e. The smallest absolute Gasteiger partial charge is 0.307 e. The molecule has 2 fully saturated rings. The Bertz CT molecular complexity index is 1060. The molecule has 0 saturated heterocycles. The predicted molar refractivity (Wildman–Crippen MR) is 119 cm³/mol. The van der Waals surface area contributed by atoms with Crippen LogP contribution in [-0.4, -0.2) is 28.9 Å². The summed E-state index contributed by atoms with van der Waals surface area (Å²) in [4.78, 5) is 38.3. The van der Waals surface area contributed by atoms with Gasteiger partial charge < -0.3 is 15.7 Å². The first kappa shape index (κ1) is 20.0. The maximum Gasteiger partial charge on any atom is 0.307 e. The molecule has 7 heteroatoms. The van der Waals surface area contributed by atoms with Gasteiger partial charge in [0.15, 0.2) is 0 Å². The predicted octanol–water partition coefficient (Wildman–Crippen LogP) is 4.16. The van der Waals surface area contributed by atoms with Crippen LogP contribution in [0.3, 0.4) is 0 Å². The molecule has 1 heterocycles. The summed E-state index contributed by atoms with van der Waals surface area (Å²) in [5, 5.41) is 18.1. The zero-order valence-electron chi connectivity index (χ0n) is 16.9. The van der Waals surface area contributed by atoms with Crippen LogP contribution < -0.4 is 10.6 Å². The van der Waals surface area contributed by atoms with Crippen molar-refractivity contribution < 1.29 is 19.5 Å². The van der Waals surface area contributed by atoms with Crippen molar-refractivity contribution in [1.29, 1.82) is 0 Å². The molecule has 4 aliphatic rings. The van der Waals surface area contributed by atoms with Gasteiger partial charge in [0.25, 0.3) is 5.91 Å². The summed E-state index contributed by atoms with van der Waals surface area (Å²) in [6.07, 6.45) is 7.49. The maximum absolute atomic E-state index is 13.3. The van der Waals surface area contributed by atoms with Gasteiger partial charge in [-0.2, -0.15) is 0 Å². The summed E-state index contributed by atoms with van der Waals surface area (Å²) < 4.78 is 0. The highest BCUT2D eigenvalue weighted by atomic mass is 32.1. The molecular formula is C24H24N2O4S. The van der Waals surface area contributed by atoms with E-state index in [0.717, 1.165) is 36.8 Å². The number of anilines is 1. The lowest BCUT2D eigenvalue weighted by atomic mass is 9.62. The zero-order valence-corrected chi connectivity index (χ0v) is 17.7. The standard InChI is InChI=1S/C24H24N2O4S/c27-21(18-14-6-8-15(9-7-14)19(18)24(29)30)26-23-20(22(28)25-16-10-11-16)17(12-31-23)13-4-2-1-3-5-13/h1-6,8,12,14-16,18-19H,7,9-11H2,(H,25,28)(H,26,27)(H,29,30)/t14-,15-,18-,19-/m0/s1. The minimum atomic E-state index is -0.929.